The maximum absolute atomic E-state index is 15.0. The first-order chi connectivity index (χ1) is 15.6. The maximum Gasteiger partial charge on any atom is 0.135 e. The van der Waals surface area contributed by atoms with Gasteiger partial charge in [-0.15, -0.1) is 0 Å². The predicted octanol–water partition coefficient (Wildman–Crippen LogP) is 3.97. The lowest BCUT2D eigenvalue weighted by Crippen LogP contribution is -2.36. The fraction of sp³-hybridized carbons (Fsp3) is 0.458. The number of aryl methyl sites for hydroxylation is 1. The molecule has 32 heavy (non-hydrogen) atoms. The summed E-state index contributed by atoms with van der Waals surface area (Å²) in [5, 5.41) is 19.2. The van der Waals surface area contributed by atoms with Crippen LogP contribution in [0.3, 0.4) is 0 Å². The average Bonchev–Trinajstić information content (AvgIpc) is 3.08. The topological polar surface area (TPSA) is 100 Å². The van der Waals surface area contributed by atoms with Gasteiger partial charge in [0, 0.05) is 47.7 Å². The highest BCUT2D eigenvalue weighted by Gasteiger charge is 2.27. The van der Waals surface area contributed by atoms with E-state index >= 15 is 4.39 Å². The number of halogens is 1. The summed E-state index contributed by atoms with van der Waals surface area (Å²) in [4.78, 5) is 15.3. The van der Waals surface area contributed by atoms with E-state index in [0.717, 1.165) is 37.2 Å². The van der Waals surface area contributed by atoms with Crippen molar-refractivity contribution in [2.45, 2.75) is 44.7 Å². The number of aliphatic imine (C=N–C) groups is 1. The summed E-state index contributed by atoms with van der Waals surface area (Å²) >= 11 is 0. The zero-order valence-electron chi connectivity index (χ0n) is 18.9. The van der Waals surface area contributed by atoms with Crippen LogP contribution >= 0.6 is 0 Å². The van der Waals surface area contributed by atoms with Crippen molar-refractivity contribution in [2.75, 3.05) is 27.2 Å². The normalized spacial score (nSPS) is 18.2. The summed E-state index contributed by atoms with van der Waals surface area (Å²) in [6.45, 7) is 3.02. The summed E-state index contributed by atoms with van der Waals surface area (Å²) < 4.78 is 15.0. The number of aromatic amines is 1. The molecule has 0 saturated heterocycles. The van der Waals surface area contributed by atoms with Crippen molar-refractivity contribution >= 4 is 5.71 Å². The van der Waals surface area contributed by atoms with E-state index in [-0.39, 0.29) is 14.8 Å². The zero-order valence-corrected chi connectivity index (χ0v) is 18.9. The van der Waals surface area contributed by atoms with Crippen LogP contribution in [-0.2, 0) is 0 Å². The van der Waals surface area contributed by atoms with Crippen LogP contribution in [0.1, 0.15) is 51.5 Å². The molecular weight excluding hydrogens is 407 g/mol. The van der Waals surface area contributed by atoms with Gasteiger partial charge in [0.05, 0.1) is 24.0 Å². The third-order valence-corrected chi connectivity index (χ3v) is 5.78. The Morgan fingerprint density at radius 2 is 2.16 bits per heavy atom. The summed E-state index contributed by atoms with van der Waals surface area (Å²) in [6, 6.07) is 7.56. The smallest absolute Gasteiger partial charge is 0.135 e. The van der Waals surface area contributed by atoms with Gasteiger partial charge in [0.2, 0.25) is 0 Å². The standard InChI is InChI=1S/C23H27FN6.CH4O.2H2/c1-15-6-3-9-17(20(15)24)21-22(29-23(28-21)16-7-4-8-16)18-10-13-30(2)14-19(27-18)26-12-5-11-25;1-2;;/h3,6,9-10,13,16,19,26H,4-5,7-8,12,14H2,1-2H3,(H,28,29);2H,1H3;2*1H. The molecule has 1 aromatic carbocycles. The number of benzene rings is 1. The Labute approximate surface area is 191 Å². The van der Waals surface area contributed by atoms with Gasteiger partial charge in [-0.25, -0.2) is 9.37 Å². The Morgan fingerprint density at radius 1 is 1.38 bits per heavy atom. The number of nitrogens with zero attached hydrogens (tertiary/aromatic N) is 4. The quantitative estimate of drug-likeness (QED) is 0.588. The van der Waals surface area contributed by atoms with E-state index in [1.807, 2.05) is 25.4 Å². The van der Waals surface area contributed by atoms with Crippen LogP contribution < -0.4 is 5.32 Å². The van der Waals surface area contributed by atoms with Crippen LogP contribution in [0.2, 0.25) is 0 Å². The summed E-state index contributed by atoms with van der Waals surface area (Å²) in [6.07, 6.45) is 7.59. The van der Waals surface area contributed by atoms with Crippen LogP contribution in [0, 0.1) is 24.1 Å². The number of aliphatic hydroxyl groups excluding tert-OH is 1. The van der Waals surface area contributed by atoms with Gasteiger partial charge in [0.15, 0.2) is 0 Å². The minimum Gasteiger partial charge on any atom is -0.400 e. The second kappa shape index (κ2) is 11.0. The molecule has 1 atom stereocenters. The van der Waals surface area contributed by atoms with E-state index in [9.17, 15) is 0 Å². The van der Waals surface area contributed by atoms with Crippen molar-refractivity contribution in [1.82, 2.24) is 20.2 Å². The highest BCUT2D eigenvalue weighted by atomic mass is 19.1. The number of nitriles is 1. The number of rotatable bonds is 6. The molecular formula is C24H35FN6O. The van der Waals surface area contributed by atoms with Crippen LogP contribution in [0.15, 0.2) is 35.5 Å². The van der Waals surface area contributed by atoms with E-state index in [2.05, 4.69) is 21.3 Å². The number of likely N-dealkylation sites (N-methyl/N-ethyl adjacent to an activating group) is 1. The van der Waals surface area contributed by atoms with Crippen molar-refractivity contribution in [3.63, 3.8) is 0 Å². The van der Waals surface area contributed by atoms with Gasteiger partial charge >= 0.3 is 0 Å². The molecule has 1 aliphatic carbocycles. The number of imidazole rings is 1. The van der Waals surface area contributed by atoms with Gasteiger partial charge in [-0.1, -0.05) is 18.6 Å². The molecule has 3 N–H and O–H groups in total. The fourth-order valence-corrected chi connectivity index (χ4v) is 3.81. The Hall–Kier alpha value is -3.02. The Morgan fingerprint density at radius 3 is 2.84 bits per heavy atom. The van der Waals surface area contributed by atoms with Crippen LogP contribution in [0.5, 0.6) is 0 Å². The number of aliphatic hydroxyl groups is 1. The van der Waals surface area contributed by atoms with Crippen LogP contribution in [0.4, 0.5) is 4.39 Å². The van der Waals surface area contributed by atoms with E-state index in [0.29, 0.717) is 42.2 Å². The molecule has 174 valence electrons. The van der Waals surface area contributed by atoms with E-state index in [4.69, 9.17) is 20.3 Å². The molecule has 4 rings (SSSR count). The summed E-state index contributed by atoms with van der Waals surface area (Å²) in [5.41, 5.74) is 3.19. The lowest BCUT2D eigenvalue weighted by molar-refractivity contribution is 0.379. The van der Waals surface area contributed by atoms with Crippen molar-refractivity contribution in [1.29, 1.82) is 5.26 Å². The van der Waals surface area contributed by atoms with Gasteiger partial charge in [-0.05, 0) is 37.5 Å². The third kappa shape index (κ3) is 5.23. The van der Waals surface area contributed by atoms with E-state index in [1.165, 1.54) is 6.42 Å². The Bertz CT molecular complexity index is 1030. The summed E-state index contributed by atoms with van der Waals surface area (Å²) in [7, 11) is 2.99. The fourth-order valence-electron chi connectivity index (χ4n) is 3.81. The molecule has 1 unspecified atom stereocenters. The SMILES string of the molecule is CO.Cc1cccc(-c2nc(C3CCC3)[nH]c2C2=NC(NCCC#N)CN(C)C=C2)c1F.[HH].[HH]. The molecule has 0 radical (unpaired) electrons. The van der Waals surface area contributed by atoms with Gasteiger partial charge in [0.25, 0.3) is 0 Å². The van der Waals surface area contributed by atoms with Gasteiger partial charge in [0.1, 0.15) is 23.5 Å². The molecule has 1 saturated carbocycles. The second-order valence-corrected chi connectivity index (χ2v) is 8.06. The van der Waals surface area contributed by atoms with Gasteiger partial charge < -0.3 is 15.0 Å². The minimum absolute atomic E-state index is 0. The second-order valence-electron chi connectivity index (χ2n) is 8.06. The first-order valence-electron chi connectivity index (χ1n) is 10.9. The van der Waals surface area contributed by atoms with Crippen molar-refractivity contribution in [3.05, 3.63) is 53.4 Å². The number of hydrogen-bond donors (Lipinski definition) is 3. The van der Waals surface area contributed by atoms with Crippen molar-refractivity contribution in [3.8, 4) is 17.3 Å². The van der Waals surface area contributed by atoms with E-state index in [1.54, 1.807) is 19.1 Å². The highest BCUT2D eigenvalue weighted by Crippen LogP contribution is 2.37. The Kier molecular flexibility index (Phi) is 8.14. The number of aromatic nitrogens is 2. The molecule has 2 aliphatic rings. The lowest BCUT2D eigenvalue weighted by atomic mass is 9.85. The monoisotopic (exact) mass is 442 g/mol. The largest absolute Gasteiger partial charge is 0.400 e. The number of nitrogens with one attached hydrogen (secondary N) is 2. The average molecular weight is 443 g/mol. The molecule has 0 spiro atoms. The minimum atomic E-state index is -0.246. The number of H-pyrrole nitrogens is 1. The number of allylic oxidation sites excluding steroid dienone is 1. The maximum atomic E-state index is 15.0. The highest BCUT2D eigenvalue weighted by molar-refractivity contribution is 6.11. The van der Waals surface area contributed by atoms with Crippen molar-refractivity contribution < 1.29 is 12.4 Å². The molecule has 0 amide bonds. The molecule has 1 fully saturated rings. The third-order valence-electron chi connectivity index (χ3n) is 5.78. The molecule has 1 aromatic heterocycles. The number of hydrogen-bond acceptors (Lipinski definition) is 6. The molecule has 1 aliphatic heterocycles. The van der Waals surface area contributed by atoms with Gasteiger partial charge in [-0.3, -0.25) is 10.3 Å². The summed E-state index contributed by atoms with van der Waals surface area (Å²) in [5.74, 6) is 1.06. The first-order valence-corrected chi connectivity index (χ1v) is 10.9. The van der Waals surface area contributed by atoms with E-state index < -0.39 is 0 Å². The van der Waals surface area contributed by atoms with Crippen LogP contribution in [0.25, 0.3) is 11.3 Å². The first kappa shape index (κ1) is 23.6. The van der Waals surface area contributed by atoms with Crippen LogP contribution in [-0.4, -0.2) is 59.1 Å². The molecule has 2 aromatic rings. The molecule has 0 bridgehead atoms. The lowest BCUT2D eigenvalue weighted by Gasteiger charge is -2.22. The Balaban J connectivity index is 0.00000141. The predicted molar refractivity (Wildman–Crippen MR) is 128 cm³/mol. The zero-order chi connectivity index (χ0) is 23.1. The molecule has 2 heterocycles. The molecule has 8 heteroatoms. The molecule has 7 nitrogen and oxygen atoms in total. The van der Waals surface area contributed by atoms with Crippen molar-refractivity contribution in [2.24, 2.45) is 4.99 Å². The van der Waals surface area contributed by atoms with Gasteiger partial charge in [-0.2, -0.15) is 5.26 Å².